The van der Waals surface area contributed by atoms with Gasteiger partial charge in [0.2, 0.25) is 5.76 Å². The van der Waals surface area contributed by atoms with E-state index in [0.717, 1.165) is 16.8 Å². The maximum atomic E-state index is 10.9. The van der Waals surface area contributed by atoms with Crippen molar-refractivity contribution in [3.05, 3.63) is 35.3 Å². The second-order valence-corrected chi connectivity index (χ2v) is 3.96. The molecule has 86 valence electrons. The number of fused-ring (bicyclic) bond motifs is 3. The second-order valence-electron chi connectivity index (χ2n) is 3.96. The molecule has 2 N–H and O–H groups in total. The van der Waals surface area contributed by atoms with E-state index >= 15 is 0 Å². The van der Waals surface area contributed by atoms with Crippen molar-refractivity contribution >= 4 is 11.7 Å². The molecule has 0 bridgehead atoms. The van der Waals surface area contributed by atoms with Gasteiger partial charge >= 0.3 is 5.97 Å². The molecule has 0 aromatic carbocycles. The van der Waals surface area contributed by atoms with Crippen molar-refractivity contribution in [2.24, 2.45) is 0 Å². The fourth-order valence-electron chi connectivity index (χ4n) is 2.05. The minimum absolute atomic E-state index is 0.0568. The highest BCUT2D eigenvalue weighted by molar-refractivity contribution is 5.90. The molecule has 0 unspecified atom stereocenters. The number of carboxylic acid groups (broad SMARTS) is 1. The number of aromatic carboxylic acids is 1. The maximum Gasteiger partial charge on any atom is 0.371 e. The van der Waals surface area contributed by atoms with Gasteiger partial charge in [-0.3, -0.25) is 4.98 Å². The first-order valence-electron chi connectivity index (χ1n) is 5.22. The number of aromatic nitrogens is 1. The number of nitrogens with one attached hydrogen (secondary N) is 1. The predicted octanol–water partition coefficient (Wildman–Crippen LogP) is 2.27. The number of pyridine rings is 1. The van der Waals surface area contributed by atoms with Gasteiger partial charge in [0, 0.05) is 17.8 Å². The summed E-state index contributed by atoms with van der Waals surface area (Å²) in [5, 5.41) is 12.0. The molecular weight excluding hydrogens is 220 g/mol. The molecular formula is C12H10N2O3. The number of hydrogen-bond acceptors (Lipinski definition) is 4. The minimum Gasteiger partial charge on any atom is -0.475 e. The lowest BCUT2D eigenvalue weighted by Crippen LogP contribution is -2.09. The molecule has 5 heteroatoms. The molecule has 3 heterocycles. The molecule has 0 fully saturated rings. The lowest BCUT2D eigenvalue weighted by atomic mass is 10.0. The van der Waals surface area contributed by atoms with E-state index in [2.05, 4.69) is 10.3 Å². The van der Waals surface area contributed by atoms with E-state index in [1.54, 1.807) is 6.20 Å². The highest BCUT2D eigenvalue weighted by Crippen LogP contribution is 2.38. The van der Waals surface area contributed by atoms with E-state index in [1.807, 2.05) is 13.0 Å². The Kier molecular flexibility index (Phi) is 1.95. The van der Waals surface area contributed by atoms with Gasteiger partial charge in [-0.2, -0.15) is 0 Å². The third kappa shape index (κ3) is 1.39. The molecule has 5 nitrogen and oxygen atoms in total. The molecule has 0 spiro atoms. The molecule has 0 amide bonds. The number of carboxylic acids is 1. The van der Waals surface area contributed by atoms with Gasteiger partial charge in [0.05, 0.1) is 17.9 Å². The molecule has 0 atom stereocenters. The Labute approximate surface area is 97.1 Å². The average Bonchev–Trinajstić information content (AvgIpc) is 2.73. The lowest BCUT2D eigenvalue weighted by Gasteiger charge is -2.17. The van der Waals surface area contributed by atoms with Crippen LogP contribution in [-0.2, 0) is 6.54 Å². The van der Waals surface area contributed by atoms with Gasteiger partial charge in [-0.05, 0) is 18.6 Å². The smallest absolute Gasteiger partial charge is 0.371 e. The van der Waals surface area contributed by atoms with Crippen molar-refractivity contribution in [2.75, 3.05) is 5.32 Å². The molecule has 2 aromatic heterocycles. The molecule has 0 aliphatic carbocycles. The van der Waals surface area contributed by atoms with Gasteiger partial charge in [0.15, 0.2) is 5.76 Å². The van der Waals surface area contributed by atoms with Crippen LogP contribution in [0, 0.1) is 6.92 Å². The van der Waals surface area contributed by atoms with Crippen LogP contribution in [0.15, 0.2) is 22.7 Å². The van der Waals surface area contributed by atoms with Gasteiger partial charge in [-0.1, -0.05) is 0 Å². The standard InChI is InChI=1S/C12H10N2O3/c1-6-2-3-13-8-5-14-7-4-9(12(15)16)17-11(7)10(6)8/h2-4,14H,5H2,1H3,(H,15,16). The van der Waals surface area contributed by atoms with E-state index in [0.29, 0.717) is 18.0 Å². The number of nitrogens with zero attached hydrogens (tertiary/aromatic N) is 1. The zero-order valence-electron chi connectivity index (χ0n) is 9.15. The summed E-state index contributed by atoms with van der Waals surface area (Å²) in [7, 11) is 0. The van der Waals surface area contributed by atoms with E-state index in [1.165, 1.54) is 6.07 Å². The largest absolute Gasteiger partial charge is 0.475 e. The van der Waals surface area contributed by atoms with Gasteiger partial charge in [-0.15, -0.1) is 0 Å². The highest BCUT2D eigenvalue weighted by atomic mass is 16.4. The van der Waals surface area contributed by atoms with Crippen LogP contribution in [0.1, 0.15) is 21.8 Å². The zero-order chi connectivity index (χ0) is 12.0. The quantitative estimate of drug-likeness (QED) is 0.786. The van der Waals surface area contributed by atoms with Crippen molar-refractivity contribution in [1.82, 2.24) is 4.98 Å². The van der Waals surface area contributed by atoms with E-state index in [-0.39, 0.29) is 5.76 Å². The van der Waals surface area contributed by atoms with Crippen LogP contribution >= 0.6 is 0 Å². The Morgan fingerprint density at radius 2 is 2.41 bits per heavy atom. The Morgan fingerprint density at radius 1 is 1.59 bits per heavy atom. The zero-order valence-corrected chi connectivity index (χ0v) is 9.15. The van der Waals surface area contributed by atoms with E-state index < -0.39 is 5.97 Å². The summed E-state index contributed by atoms with van der Waals surface area (Å²) in [6.45, 7) is 2.54. The number of hydrogen-bond donors (Lipinski definition) is 2. The van der Waals surface area contributed by atoms with Crippen molar-refractivity contribution in [2.45, 2.75) is 13.5 Å². The van der Waals surface area contributed by atoms with Crippen LogP contribution < -0.4 is 5.32 Å². The van der Waals surface area contributed by atoms with Crippen molar-refractivity contribution < 1.29 is 14.3 Å². The molecule has 0 radical (unpaired) electrons. The summed E-state index contributed by atoms with van der Waals surface area (Å²) >= 11 is 0. The first kappa shape index (κ1) is 9.89. The topological polar surface area (TPSA) is 75.4 Å². The van der Waals surface area contributed by atoms with Crippen molar-refractivity contribution in [3.63, 3.8) is 0 Å². The molecule has 1 aliphatic heterocycles. The molecule has 0 saturated carbocycles. The molecule has 0 saturated heterocycles. The van der Waals surface area contributed by atoms with Gasteiger partial charge in [0.25, 0.3) is 0 Å². The van der Waals surface area contributed by atoms with Gasteiger partial charge < -0.3 is 14.8 Å². The molecule has 17 heavy (non-hydrogen) atoms. The summed E-state index contributed by atoms with van der Waals surface area (Å²) in [5.74, 6) is -0.558. The third-order valence-electron chi connectivity index (χ3n) is 2.85. The first-order chi connectivity index (χ1) is 8.16. The molecule has 3 rings (SSSR count). The second kappa shape index (κ2) is 3.35. The highest BCUT2D eigenvalue weighted by Gasteiger charge is 2.24. The summed E-state index contributed by atoms with van der Waals surface area (Å²) in [6.07, 6.45) is 1.74. The predicted molar refractivity (Wildman–Crippen MR) is 61.0 cm³/mol. The summed E-state index contributed by atoms with van der Waals surface area (Å²) < 4.78 is 5.37. The van der Waals surface area contributed by atoms with E-state index in [9.17, 15) is 4.79 Å². The summed E-state index contributed by atoms with van der Waals surface area (Å²) in [6, 6.07) is 3.39. The third-order valence-corrected chi connectivity index (χ3v) is 2.85. The monoisotopic (exact) mass is 230 g/mol. The Morgan fingerprint density at radius 3 is 3.18 bits per heavy atom. The fraction of sp³-hybridized carbons (Fsp3) is 0.167. The normalized spacial score (nSPS) is 12.5. The SMILES string of the molecule is Cc1ccnc2c1-c1oc(C(=O)O)cc1NC2. The fourth-order valence-corrected chi connectivity index (χ4v) is 2.05. The van der Waals surface area contributed by atoms with Crippen LogP contribution in [0.2, 0.25) is 0 Å². The van der Waals surface area contributed by atoms with E-state index in [4.69, 9.17) is 9.52 Å². The molecule has 2 aromatic rings. The van der Waals surface area contributed by atoms with Crippen LogP contribution in [-0.4, -0.2) is 16.1 Å². The minimum atomic E-state index is -1.07. The van der Waals surface area contributed by atoms with Crippen LogP contribution in [0.5, 0.6) is 0 Å². The number of rotatable bonds is 1. The molecule has 1 aliphatic rings. The van der Waals surface area contributed by atoms with Crippen LogP contribution in [0.25, 0.3) is 11.3 Å². The maximum absolute atomic E-state index is 10.9. The average molecular weight is 230 g/mol. The lowest BCUT2D eigenvalue weighted by molar-refractivity contribution is 0.0663. The first-order valence-corrected chi connectivity index (χ1v) is 5.22. The Bertz CT molecular complexity index is 616. The van der Waals surface area contributed by atoms with Crippen molar-refractivity contribution in [1.29, 1.82) is 0 Å². The number of furan rings is 1. The van der Waals surface area contributed by atoms with Gasteiger partial charge in [-0.25, -0.2) is 4.79 Å². The Balaban J connectivity index is 2.25. The number of aryl methyl sites for hydroxylation is 1. The number of carbonyl (C=O) groups is 1. The number of anilines is 1. The Hall–Kier alpha value is -2.30. The van der Waals surface area contributed by atoms with Gasteiger partial charge in [0.1, 0.15) is 0 Å². The van der Waals surface area contributed by atoms with Crippen LogP contribution in [0.3, 0.4) is 0 Å². The van der Waals surface area contributed by atoms with Crippen LogP contribution in [0.4, 0.5) is 5.69 Å². The van der Waals surface area contributed by atoms with Crippen molar-refractivity contribution in [3.8, 4) is 11.3 Å². The summed E-state index contributed by atoms with van der Waals surface area (Å²) in [4.78, 5) is 15.1. The summed E-state index contributed by atoms with van der Waals surface area (Å²) in [5.41, 5.74) is 3.52.